The second-order valence-electron chi connectivity index (χ2n) is 4.31. The van der Waals surface area contributed by atoms with Crippen LogP contribution in [0.25, 0.3) is 0 Å². The summed E-state index contributed by atoms with van der Waals surface area (Å²) in [6.45, 7) is 0.524. The maximum absolute atomic E-state index is 10.9. The summed E-state index contributed by atoms with van der Waals surface area (Å²) in [5.74, 6) is 0.121. The van der Waals surface area contributed by atoms with E-state index in [9.17, 15) is 4.79 Å². The van der Waals surface area contributed by atoms with E-state index in [-0.39, 0.29) is 5.92 Å². The van der Waals surface area contributed by atoms with E-state index in [4.69, 9.17) is 5.73 Å². The van der Waals surface area contributed by atoms with Crippen molar-refractivity contribution in [1.82, 2.24) is 0 Å². The lowest BCUT2D eigenvalue weighted by atomic mass is 9.88. The van der Waals surface area contributed by atoms with Crippen LogP contribution in [0.5, 0.6) is 0 Å². The molecule has 0 fully saturated rings. The summed E-state index contributed by atoms with van der Waals surface area (Å²) < 4.78 is 0. The van der Waals surface area contributed by atoms with Crippen molar-refractivity contribution in [2.75, 3.05) is 0 Å². The lowest BCUT2D eigenvalue weighted by Crippen LogP contribution is -2.04. The summed E-state index contributed by atoms with van der Waals surface area (Å²) in [7, 11) is 0. The third-order valence-electron chi connectivity index (χ3n) is 3.12. The number of hydrogen-bond acceptors (Lipinski definition) is 2. The predicted octanol–water partition coefficient (Wildman–Crippen LogP) is 2.87. The Balaban J connectivity index is 2.38. The molecule has 2 aromatic carbocycles. The molecule has 0 aromatic heterocycles. The Morgan fingerprint density at radius 1 is 1.00 bits per heavy atom. The SMILES string of the molecule is NCc1cccc(C(CC=O)c2ccccc2)c1. The highest BCUT2D eigenvalue weighted by Crippen LogP contribution is 2.27. The maximum atomic E-state index is 10.9. The van der Waals surface area contributed by atoms with Crippen LogP contribution in [-0.4, -0.2) is 6.29 Å². The maximum Gasteiger partial charge on any atom is 0.120 e. The largest absolute Gasteiger partial charge is 0.326 e. The third kappa shape index (κ3) is 2.84. The molecule has 2 rings (SSSR count). The molecule has 0 spiro atoms. The topological polar surface area (TPSA) is 43.1 Å². The van der Waals surface area contributed by atoms with Gasteiger partial charge < -0.3 is 10.5 Å². The van der Waals surface area contributed by atoms with Crippen molar-refractivity contribution in [3.05, 3.63) is 71.3 Å². The Morgan fingerprint density at radius 3 is 2.39 bits per heavy atom. The van der Waals surface area contributed by atoms with E-state index in [0.717, 1.165) is 17.4 Å². The minimum atomic E-state index is 0.121. The van der Waals surface area contributed by atoms with Crippen molar-refractivity contribution < 1.29 is 4.79 Å². The van der Waals surface area contributed by atoms with Crippen LogP contribution in [0, 0.1) is 0 Å². The van der Waals surface area contributed by atoms with Gasteiger partial charge in [0.1, 0.15) is 6.29 Å². The van der Waals surface area contributed by atoms with E-state index in [1.807, 2.05) is 30.3 Å². The van der Waals surface area contributed by atoms with Gasteiger partial charge in [0.25, 0.3) is 0 Å². The van der Waals surface area contributed by atoms with Gasteiger partial charge in [0.15, 0.2) is 0 Å². The zero-order valence-corrected chi connectivity index (χ0v) is 10.3. The van der Waals surface area contributed by atoms with Gasteiger partial charge in [-0.1, -0.05) is 54.6 Å². The highest BCUT2D eigenvalue weighted by Gasteiger charge is 2.13. The Morgan fingerprint density at radius 2 is 1.72 bits per heavy atom. The normalized spacial score (nSPS) is 12.1. The van der Waals surface area contributed by atoms with Crippen LogP contribution in [0.4, 0.5) is 0 Å². The second kappa shape index (κ2) is 6.12. The van der Waals surface area contributed by atoms with Gasteiger partial charge in [-0.25, -0.2) is 0 Å². The molecule has 0 saturated carbocycles. The summed E-state index contributed by atoms with van der Waals surface area (Å²) in [5.41, 5.74) is 9.07. The third-order valence-corrected chi connectivity index (χ3v) is 3.12. The van der Waals surface area contributed by atoms with Crippen LogP contribution < -0.4 is 5.73 Å². The number of aldehydes is 1. The van der Waals surface area contributed by atoms with Gasteiger partial charge >= 0.3 is 0 Å². The average Bonchev–Trinajstić information content (AvgIpc) is 2.46. The minimum absolute atomic E-state index is 0.121. The van der Waals surface area contributed by atoms with Gasteiger partial charge in [0.05, 0.1) is 0 Å². The van der Waals surface area contributed by atoms with Gasteiger partial charge in [0.2, 0.25) is 0 Å². The highest BCUT2D eigenvalue weighted by molar-refractivity contribution is 5.54. The zero-order valence-electron chi connectivity index (χ0n) is 10.3. The number of benzene rings is 2. The molecule has 0 aliphatic heterocycles. The molecule has 0 bridgehead atoms. The monoisotopic (exact) mass is 239 g/mol. The molecule has 1 unspecified atom stereocenters. The van der Waals surface area contributed by atoms with Crippen molar-refractivity contribution in [2.24, 2.45) is 5.73 Å². The standard InChI is InChI=1S/C16H17NO/c17-12-13-5-4-8-15(11-13)16(9-10-18)14-6-2-1-3-7-14/h1-8,10-11,16H,9,12,17H2. The van der Waals surface area contributed by atoms with E-state index >= 15 is 0 Å². The van der Waals surface area contributed by atoms with Crippen molar-refractivity contribution in [3.8, 4) is 0 Å². The first kappa shape index (κ1) is 12.5. The van der Waals surface area contributed by atoms with E-state index < -0.39 is 0 Å². The van der Waals surface area contributed by atoms with Gasteiger partial charge in [-0.05, 0) is 16.7 Å². The van der Waals surface area contributed by atoms with Crippen molar-refractivity contribution in [3.63, 3.8) is 0 Å². The smallest absolute Gasteiger partial charge is 0.120 e. The van der Waals surface area contributed by atoms with Crippen molar-refractivity contribution in [2.45, 2.75) is 18.9 Å². The quantitative estimate of drug-likeness (QED) is 0.815. The Hall–Kier alpha value is -1.93. The van der Waals surface area contributed by atoms with E-state index in [1.54, 1.807) is 0 Å². The molecule has 1 atom stereocenters. The van der Waals surface area contributed by atoms with E-state index in [1.165, 1.54) is 5.56 Å². The predicted molar refractivity (Wildman–Crippen MR) is 73.3 cm³/mol. The summed E-state index contributed by atoms with van der Waals surface area (Å²) in [5, 5.41) is 0. The first-order chi connectivity index (χ1) is 8.85. The number of hydrogen-bond donors (Lipinski definition) is 1. The Labute approximate surface area is 107 Å². The van der Waals surface area contributed by atoms with Crippen LogP contribution in [0.1, 0.15) is 29.0 Å². The molecule has 2 N–H and O–H groups in total. The summed E-state index contributed by atoms with van der Waals surface area (Å²) >= 11 is 0. The highest BCUT2D eigenvalue weighted by atomic mass is 16.1. The molecule has 0 aliphatic carbocycles. The fourth-order valence-electron chi connectivity index (χ4n) is 2.18. The van der Waals surface area contributed by atoms with Crippen LogP contribution in [0.2, 0.25) is 0 Å². The average molecular weight is 239 g/mol. The van der Waals surface area contributed by atoms with Crippen LogP contribution >= 0.6 is 0 Å². The molecular weight excluding hydrogens is 222 g/mol. The molecule has 2 nitrogen and oxygen atoms in total. The molecular formula is C16H17NO. The van der Waals surface area contributed by atoms with E-state index in [2.05, 4.69) is 24.3 Å². The van der Waals surface area contributed by atoms with Crippen molar-refractivity contribution >= 4 is 6.29 Å². The van der Waals surface area contributed by atoms with Gasteiger partial charge in [0, 0.05) is 18.9 Å². The molecule has 92 valence electrons. The fourth-order valence-corrected chi connectivity index (χ4v) is 2.18. The summed E-state index contributed by atoms with van der Waals surface area (Å²) in [6, 6.07) is 18.2. The first-order valence-corrected chi connectivity index (χ1v) is 6.12. The molecule has 2 aromatic rings. The Bertz CT molecular complexity index is 508. The minimum Gasteiger partial charge on any atom is -0.326 e. The molecule has 18 heavy (non-hydrogen) atoms. The molecule has 2 heteroatoms. The number of carbonyl (C=O) groups excluding carboxylic acids is 1. The van der Waals surface area contributed by atoms with Gasteiger partial charge in [-0.2, -0.15) is 0 Å². The molecule has 0 amide bonds. The zero-order chi connectivity index (χ0) is 12.8. The molecule has 0 aliphatic rings. The number of rotatable bonds is 5. The lowest BCUT2D eigenvalue weighted by molar-refractivity contribution is -0.108. The van der Waals surface area contributed by atoms with Gasteiger partial charge in [-0.15, -0.1) is 0 Å². The first-order valence-electron chi connectivity index (χ1n) is 6.12. The summed E-state index contributed by atoms with van der Waals surface area (Å²) in [4.78, 5) is 10.9. The molecule has 0 saturated heterocycles. The van der Waals surface area contributed by atoms with Gasteiger partial charge in [-0.3, -0.25) is 0 Å². The molecule has 0 heterocycles. The van der Waals surface area contributed by atoms with Crippen molar-refractivity contribution in [1.29, 1.82) is 0 Å². The van der Waals surface area contributed by atoms with Crippen LogP contribution in [0.3, 0.4) is 0 Å². The summed E-state index contributed by atoms with van der Waals surface area (Å²) in [6.07, 6.45) is 1.48. The molecule has 0 radical (unpaired) electrons. The number of nitrogens with two attached hydrogens (primary N) is 1. The lowest BCUT2D eigenvalue weighted by Gasteiger charge is -2.16. The van der Waals surface area contributed by atoms with Crippen LogP contribution in [-0.2, 0) is 11.3 Å². The number of carbonyl (C=O) groups is 1. The van der Waals surface area contributed by atoms with Crippen LogP contribution in [0.15, 0.2) is 54.6 Å². The Kier molecular flexibility index (Phi) is 4.26. The second-order valence-corrected chi connectivity index (χ2v) is 4.31. The fraction of sp³-hybridized carbons (Fsp3) is 0.188. The van der Waals surface area contributed by atoms with E-state index in [0.29, 0.717) is 13.0 Å².